The van der Waals surface area contributed by atoms with Crippen LogP contribution in [0.4, 0.5) is 0 Å². The maximum absolute atomic E-state index is 13.0. The minimum absolute atomic E-state index is 0.158. The summed E-state index contributed by atoms with van der Waals surface area (Å²) in [5.74, 6) is 1.80. The van der Waals surface area contributed by atoms with E-state index in [2.05, 4.69) is 0 Å². The minimum Gasteiger partial charge on any atom is -0.493 e. The summed E-state index contributed by atoms with van der Waals surface area (Å²) in [6.45, 7) is 1.96. The molecule has 1 saturated carbocycles. The zero-order chi connectivity index (χ0) is 16.7. The van der Waals surface area contributed by atoms with Gasteiger partial charge in [-0.25, -0.2) is 0 Å². The number of carbonyl (C=O) groups excluding carboxylic acids is 1. The van der Waals surface area contributed by atoms with Crippen LogP contribution in [-0.2, 0) is 0 Å². The van der Waals surface area contributed by atoms with Crippen LogP contribution in [0.25, 0.3) is 0 Å². The lowest BCUT2D eigenvalue weighted by atomic mass is 9.86. The molecular weight excluding hydrogens is 288 g/mol. The van der Waals surface area contributed by atoms with Gasteiger partial charge in [-0.3, -0.25) is 4.79 Å². The standard InChI is InChI=1S/C20H30O3/c1-15-13-17(14-18(22-2)20(15)23-3)19(21)16-11-9-7-5-4-6-8-10-12-16/h13-14,16H,4-12H2,1-3H3. The number of benzene rings is 1. The molecule has 0 amide bonds. The summed E-state index contributed by atoms with van der Waals surface area (Å²) >= 11 is 0. The van der Waals surface area contributed by atoms with Crippen LogP contribution in [0, 0.1) is 12.8 Å². The van der Waals surface area contributed by atoms with Crippen LogP contribution in [0.2, 0.25) is 0 Å². The zero-order valence-corrected chi connectivity index (χ0v) is 14.8. The maximum atomic E-state index is 13.0. The highest BCUT2D eigenvalue weighted by atomic mass is 16.5. The van der Waals surface area contributed by atoms with Crippen LogP contribution in [0.5, 0.6) is 11.5 Å². The monoisotopic (exact) mass is 318 g/mol. The van der Waals surface area contributed by atoms with E-state index < -0.39 is 0 Å². The molecule has 1 aliphatic rings. The highest BCUT2D eigenvalue weighted by molar-refractivity contribution is 5.98. The number of carbonyl (C=O) groups is 1. The van der Waals surface area contributed by atoms with E-state index in [9.17, 15) is 4.79 Å². The molecule has 0 N–H and O–H groups in total. The van der Waals surface area contributed by atoms with Crippen LogP contribution in [0.1, 0.15) is 73.7 Å². The zero-order valence-electron chi connectivity index (χ0n) is 14.8. The normalized spacial score (nSPS) is 17.5. The van der Waals surface area contributed by atoms with Crippen LogP contribution in [0.15, 0.2) is 12.1 Å². The van der Waals surface area contributed by atoms with Crippen molar-refractivity contribution >= 4 is 5.78 Å². The molecule has 2 rings (SSSR count). The van der Waals surface area contributed by atoms with E-state index >= 15 is 0 Å². The van der Waals surface area contributed by atoms with Crippen molar-refractivity contribution in [2.75, 3.05) is 14.2 Å². The molecule has 0 bridgehead atoms. The van der Waals surface area contributed by atoms with Crippen molar-refractivity contribution in [1.82, 2.24) is 0 Å². The molecule has 0 heterocycles. The summed E-state index contributed by atoms with van der Waals surface area (Å²) in [4.78, 5) is 13.0. The van der Waals surface area contributed by atoms with Gasteiger partial charge in [-0.05, 0) is 37.5 Å². The van der Waals surface area contributed by atoms with Crippen LogP contribution in [-0.4, -0.2) is 20.0 Å². The molecule has 0 aliphatic heterocycles. The van der Waals surface area contributed by atoms with E-state index in [-0.39, 0.29) is 11.7 Å². The van der Waals surface area contributed by atoms with E-state index in [1.54, 1.807) is 14.2 Å². The largest absolute Gasteiger partial charge is 0.493 e. The molecule has 0 saturated heterocycles. The number of Topliss-reactive ketones (excluding diaryl/α,β-unsaturated/α-hetero) is 1. The number of hydrogen-bond donors (Lipinski definition) is 0. The molecule has 1 aromatic rings. The van der Waals surface area contributed by atoms with Gasteiger partial charge in [0.15, 0.2) is 17.3 Å². The quantitative estimate of drug-likeness (QED) is 0.703. The average Bonchev–Trinajstić information content (AvgIpc) is 2.58. The molecule has 1 fully saturated rings. The van der Waals surface area contributed by atoms with E-state index in [1.165, 1.54) is 44.9 Å². The Balaban J connectivity index is 2.18. The van der Waals surface area contributed by atoms with Gasteiger partial charge in [-0.1, -0.05) is 44.9 Å². The number of ketones is 1. The van der Waals surface area contributed by atoms with Gasteiger partial charge in [0.05, 0.1) is 14.2 Å². The topological polar surface area (TPSA) is 35.5 Å². The first-order valence-corrected chi connectivity index (χ1v) is 8.94. The first-order chi connectivity index (χ1) is 11.2. The highest BCUT2D eigenvalue weighted by Crippen LogP contribution is 2.34. The molecular formula is C20H30O3. The molecule has 3 heteroatoms. The van der Waals surface area contributed by atoms with Gasteiger partial charge >= 0.3 is 0 Å². The molecule has 1 aromatic carbocycles. The Morgan fingerprint density at radius 1 is 0.913 bits per heavy atom. The fourth-order valence-corrected chi connectivity index (χ4v) is 3.60. The maximum Gasteiger partial charge on any atom is 0.166 e. The van der Waals surface area contributed by atoms with Gasteiger partial charge in [-0.15, -0.1) is 0 Å². The van der Waals surface area contributed by atoms with Crippen molar-refractivity contribution in [3.05, 3.63) is 23.3 Å². The molecule has 0 unspecified atom stereocenters. The summed E-state index contributed by atoms with van der Waals surface area (Å²) in [7, 11) is 3.25. The molecule has 3 nitrogen and oxygen atoms in total. The SMILES string of the molecule is COc1cc(C(=O)C2CCCCCCCCC2)cc(C)c1OC. The molecule has 0 radical (unpaired) electrons. The Bertz CT molecular complexity index is 512. The third kappa shape index (κ3) is 4.73. The lowest BCUT2D eigenvalue weighted by molar-refractivity contribution is 0.0900. The Labute approximate surface area is 140 Å². The summed E-state index contributed by atoms with van der Waals surface area (Å²) in [6.07, 6.45) is 10.9. The minimum atomic E-state index is 0.158. The summed E-state index contributed by atoms with van der Waals surface area (Å²) < 4.78 is 10.8. The van der Waals surface area contributed by atoms with Crippen molar-refractivity contribution < 1.29 is 14.3 Å². The van der Waals surface area contributed by atoms with Crippen molar-refractivity contribution in [3.8, 4) is 11.5 Å². The Hall–Kier alpha value is -1.51. The smallest absolute Gasteiger partial charge is 0.166 e. The van der Waals surface area contributed by atoms with E-state index in [0.717, 1.165) is 29.7 Å². The molecule has 0 aromatic heterocycles. The molecule has 0 spiro atoms. The second kappa shape index (κ2) is 8.95. The Morgan fingerprint density at radius 2 is 1.48 bits per heavy atom. The third-order valence-electron chi connectivity index (χ3n) is 4.93. The van der Waals surface area contributed by atoms with Crippen molar-refractivity contribution in [3.63, 3.8) is 0 Å². The third-order valence-corrected chi connectivity index (χ3v) is 4.93. The summed E-state index contributed by atoms with van der Waals surface area (Å²) in [5.41, 5.74) is 1.72. The van der Waals surface area contributed by atoms with Gasteiger partial charge in [0, 0.05) is 11.5 Å². The first-order valence-electron chi connectivity index (χ1n) is 8.94. The second-order valence-corrected chi connectivity index (χ2v) is 6.64. The van der Waals surface area contributed by atoms with E-state index in [4.69, 9.17) is 9.47 Å². The highest BCUT2D eigenvalue weighted by Gasteiger charge is 2.22. The predicted octanol–water partition coefficient (Wildman–Crippen LogP) is 5.34. The first kappa shape index (κ1) is 17.8. The van der Waals surface area contributed by atoms with Gasteiger partial charge in [0.2, 0.25) is 0 Å². The molecule has 1 aliphatic carbocycles. The molecule has 23 heavy (non-hydrogen) atoms. The van der Waals surface area contributed by atoms with Crippen molar-refractivity contribution in [2.45, 2.75) is 64.7 Å². The fourth-order valence-electron chi connectivity index (χ4n) is 3.60. The number of aryl methyl sites for hydroxylation is 1. The van der Waals surface area contributed by atoms with E-state index in [0.29, 0.717) is 5.75 Å². The van der Waals surface area contributed by atoms with Crippen molar-refractivity contribution in [1.29, 1.82) is 0 Å². The predicted molar refractivity (Wildman–Crippen MR) is 93.7 cm³/mol. The van der Waals surface area contributed by atoms with Gasteiger partial charge < -0.3 is 9.47 Å². The lowest BCUT2D eigenvalue weighted by Crippen LogP contribution is -2.16. The van der Waals surface area contributed by atoms with Gasteiger partial charge in [0.1, 0.15) is 0 Å². The number of hydrogen-bond acceptors (Lipinski definition) is 3. The summed E-state index contributed by atoms with van der Waals surface area (Å²) in [6, 6.07) is 3.79. The number of ether oxygens (including phenoxy) is 2. The molecule has 128 valence electrons. The number of rotatable bonds is 4. The molecule has 0 atom stereocenters. The van der Waals surface area contributed by atoms with Crippen LogP contribution < -0.4 is 9.47 Å². The van der Waals surface area contributed by atoms with Gasteiger partial charge in [0.25, 0.3) is 0 Å². The Kier molecular flexibility index (Phi) is 6.94. The number of methoxy groups -OCH3 is 2. The lowest BCUT2D eigenvalue weighted by Gasteiger charge is -2.19. The van der Waals surface area contributed by atoms with Crippen LogP contribution in [0.3, 0.4) is 0 Å². The fraction of sp³-hybridized carbons (Fsp3) is 0.650. The van der Waals surface area contributed by atoms with Crippen LogP contribution >= 0.6 is 0 Å². The van der Waals surface area contributed by atoms with E-state index in [1.807, 2.05) is 19.1 Å². The van der Waals surface area contributed by atoms with Gasteiger partial charge in [-0.2, -0.15) is 0 Å². The summed E-state index contributed by atoms with van der Waals surface area (Å²) in [5, 5.41) is 0. The Morgan fingerprint density at radius 3 is 2.00 bits per heavy atom. The average molecular weight is 318 g/mol. The second-order valence-electron chi connectivity index (χ2n) is 6.64. The van der Waals surface area contributed by atoms with Crippen molar-refractivity contribution in [2.24, 2.45) is 5.92 Å².